The number of benzene rings is 1. The van der Waals surface area contributed by atoms with Crippen molar-refractivity contribution in [2.45, 2.75) is 17.5 Å². The number of hydrogen-bond acceptors (Lipinski definition) is 5. The van der Waals surface area contributed by atoms with Crippen LogP contribution >= 0.6 is 15.2 Å². The topological polar surface area (TPSA) is 164 Å². The predicted molar refractivity (Wildman–Crippen MR) is 64.9 cm³/mol. The molecule has 0 spiro atoms. The van der Waals surface area contributed by atoms with Gasteiger partial charge in [0.05, 0.1) is 6.04 Å². The van der Waals surface area contributed by atoms with Gasteiger partial charge in [0.25, 0.3) is 0 Å². The first-order valence-electron chi connectivity index (χ1n) is 5.11. The van der Waals surface area contributed by atoms with E-state index in [0.29, 0.717) is 5.56 Å². The molecule has 0 fully saturated rings. The molecule has 1 aromatic carbocycles. The molecule has 0 saturated carbocycles. The Hall–Kier alpha value is 0.440. The van der Waals surface area contributed by atoms with Crippen LogP contribution in [0.5, 0.6) is 0 Å². The maximum absolute atomic E-state index is 11.2. The van der Waals surface area contributed by atoms with Crippen molar-refractivity contribution in [1.29, 1.82) is 0 Å². The molecule has 0 aliphatic heterocycles. The molecule has 0 amide bonds. The Labute approximate surface area is 137 Å². The summed E-state index contributed by atoms with van der Waals surface area (Å²) < 4.78 is 22.3. The van der Waals surface area contributed by atoms with E-state index in [1.54, 1.807) is 18.2 Å². The molecule has 108 valence electrons. The van der Waals surface area contributed by atoms with Crippen LogP contribution < -0.4 is 40.2 Å². The zero-order chi connectivity index (χ0) is 14.9. The molecular formula is C9H14NNaO7P2. The Morgan fingerprint density at radius 1 is 1.20 bits per heavy atom. The van der Waals surface area contributed by atoms with Crippen LogP contribution in [0.3, 0.4) is 0 Å². The molecule has 1 rings (SSSR count). The largest absolute Gasteiger partial charge is 1.00 e. The van der Waals surface area contributed by atoms with Crippen LogP contribution in [0.4, 0.5) is 0 Å². The van der Waals surface area contributed by atoms with Gasteiger partial charge in [-0.05, 0) is 12.0 Å². The van der Waals surface area contributed by atoms with Gasteiger partial charge >= 0.3 is 37.2 Å². The molecule has 0 saturated heterocycles. The number of hydrogen-bond donors (Lipinski definition) is 5. The summed E-state index contributed by atoms with van der Waals surface area (Å²) in [6.07, 6.45) is -0.338. The van der Waals surface area contributed by atoms with Crippen LogP contribution in [0.1, 0.15) is 5.56 Å². The Bertz CT molecular complexity index is 506. The Morgan fingerprint density at radius 3 is 2.00 bits per heavy atom. The van der Waals surface area contributed by atoms with E-state index in [2.05, 4.69) is 0 Å². The second kappa shape index (κ2) is 7.13. The number of aliphatic hydroxyl groups is 1. The molecule has 11 heteroatoms. The molecule has 3 atom stereocenters. The number of rotatable bonds is 5. The zero-order valence-electron chi connectivity index (χ0n) is 10.7. The van der Waals surface area contributed by atoms with E-state index in [0.717, 1.165) is 0 Å². The summed E-state index contributed by atoms with van der Waals surface area (Å²) in [6.45, 7) is 0. The van der Waals surface area contributed by atoms with Crippen LogP contribution in [0.25, 0.3) is 0 Å². The quantitative estimate of drug-likeness (QED) is 0.268. The van der Waals surface area contributed by atoms with Crippen molar-refractivity contribution in [3.8, 4) is 0 Å². The monoisotopic (exact) mass is 333 g/mol. The molecule has 2 unspecified atom stereocenters. The van der Waals surface area contributed by atoms with Gasteiger partial charge in [0.1, 0.15) is 0 Å². The van der Waals surface area contributed by atoms with Gasteiger partial charge in [0.2, 0.25) is 5.08 Å². The first-order valence-corrected chi connectivity index (χ1v) is 8.30. The zero-order valence-corrected chi connectivity index (χ0v) is 14.4. The van der Waals surface area contributed by atoms with Crippen LogP contribution in [0.2, 0.25) is 0 Å². The Morgan fingerprint density at radius 2 is 1.65 bits per heavy atom. The van der Waals surface area contributed by atoms with Crippen LogP contribution in [0.15, 0.2) is 30.3 Å². The van der Waals surface area contributed by atoms with Crippen molar-refractivity contribution in [2.75, 3.05) is 0 Å². The van der Waals surface area contributed by atoms with E-state index < -0.39 is 26.3 Å². The fraction of sp³-hybridized carbons (Fsp3) is 0.333. The summed E-state index contributed by atoms with van der Waals surface area (Å²) in [5.41, 5.74) is 5.84. The van der Waals surface area contributed by atoms with Gasteiger partial charge in [-0.1, -0.05) is 30.3 Å². The van der Waals surface area contributed by atoms with E-state index in [4.69, 9.17) is 20.4 Å². The molecule has 0 radical (unpaired) electrons. The van der Waals surface area contributed by atoms with Crippen molar-refractivity contribution >= 4 is 15.2 Å². The first-order chi connectivity index (χ1) is 8.50. The second-order valence-corrected chi connectivity index (χ2v) is 7.89. The molecule has 0 aromatic heterocycles. The van der Waals surface area contributed by atoms with E-state index in [1.807, 2.05) is 0 Å². The SMILES string of the molecule is N[C@@H](Cc1ccccc1)C(O)(P(=O)([O-])O)P(=O)(O)O.[Na+]. The summed E-state index contributed by atoms with van der Waals surface area (Å²) >= 11 is 0. The Balaban J connectivity index is 0.00000361. The normalized spacial score (nSPS) is 19.3. The summed E-state index contributed by atoms with van der Waals surface area (Å²) in [4.78, 5) is 37.9. The maximum Gasteiger partial charge on any atom is 1.00 e. The van der Waals surface area contributed by atoms with Crippen molar-refractivity contribution in [3.05, 3.63) is 35.9 Å². The minimum Gasteiger partial charge on any atom is -0.776 e. The third-order valence-corrected chi connectivity index (χ3v) is 6.53. The predicted octanol–water partition coefficient (Wildman–Crippen LogP) is -4.07. The van der Waals surface area contributed by atoms with Crippen molar-refractivity contribution in [3.63, 3.8) is 0 Å². The van der Waals surface area contributed by atoms with E-state index >= 15 is 0 Å². The van der Waals surface area contributed by atoms with Crippen LogP contribution in [0, 0.1) is 0 Å². The molecule has 6 N–H and O–H groups in total. The number of nitrogens with two attached hydrogens (primary N) is 1. The third kappa shape index (κ3) is 4.22. The average molecular weight is 333 g/mol. The van der Waals surface area contributed by atoms with Crippen LogP contribution in [-0.2, 0) is 15.6 Å². The molecule has 8 nitrogen and oxygen atoms in total. The summed E-state index contributed by atoms with van der Waals surface area (Å²) in [5, 5.41) is 5.99. The van der Waals surface area contributed by atoms with Crippen molar-refractivity contribution in [1.82, 2.24) is 0 Å². The summed E-state index contributed by atoms with van der Waals surface area (Å²) in [6, 6.07) is 6.07. The van der Waals surface area contributed by atoms with Crippen LogP contribution in [-0.4, -0.2) is 30.9 Å². The van der Waals surface area contributed by atoms with Gasteiger partial charge in [-0.2, -0.15) is 0 Å². The van der Waals surface area contributed by atoms with E-state index in [1.165, 1.54) is 12.1 Å². The summed E-state index contributed by atoms with van der Waals surface area (Å²) in [7, 11) is -11.4. The van der Waals surface area contributed by atoms with Gasteiger partial charge in [-0.3, -0.25) is 4.57 Å². The molecule has 0 bridgehead atoms. The van der Waals surface area contributed by atoms with Crippen molar-refractivity contribution < 1.29 is 63.4 Å². The summed E-state index contributed by atoms with van der Waals surface area (Å²) in [5.74, 6) is 0. The second-order valence-electron chi connectivity index (χ2n) is 4.05. The Kier molecular flexibility index (Phi) is 7.29. The average Bonchev–Trinajstić information content (AvgIpc) is 2.26. The molecule has 20 heavy (non-hydrogen) atoms. The van der Waals surface area contributed by atoms with Crippen molar-refractivity contribution in [2.24, 2.45) is 5.73 Å². The molecular weight excluding hydrogens is 319 g/mol. The third-order valence-electron chi connectivity index (χ3n) is 2.64. The first kappa shape index (κ1) is 20.4. The van der Waals surface area contributed by atoms with Gasteiger partial charge in [-0.15, -0.1) is 0 Å². The fourth-order valence-corrected chi connectivity index (χ4v) is 3.95. The molecule has 1 aromatic rings. The standard InChI is InChI=1S/C9H15NO7P2.Na/c10-8(6-7-4-2-1-3-5-7)9(11,18(12,13)14)19(15,16)17;/h1-5,8,11H,6,10H2,(H2,12,13,14)(H2,15,16,17);/q;+1/p-1/t8-;/m0./s1. The molecule has 0 aliphatic carbocycles. The van der Waals surface area contributed by atoms with Gasteiger partial charge in [0, 0.05) is 0 Å². The van der Waals surface area contributed by atoms with Gasteiger partial charge in [0.15, 0.2) is 7.60 Å². The minimum atomic E-state index is -5.78. The maximum atomic E-state index is 11.2. The molecule has 0 heterocycles. The van der Waals surface area contributed by atoms with E-state index in [9.17, 15) is 19.1 Å². The minimum absolute atomic E-state index is 0. The van der Waals surface area contributed by atoms with Gasteiger partial charge in [-0.25, -0.2) is 0 Å². The smallest absolute Gasteiger partial charge is 0.776 e. The fourth-order valence-electron chi connectivity index (χ4n) is 1.60. The van der Waals surface area contributed by atoms with Gasteiger partial charge < -0.3 is 35.0 Å². The van der Waals surface area contributed by atoms with E-state index in [-0.39, 0.29) is 36.0 Å². The molecule has 0 aliphatic rings.